The van der Waals surface area contributed by atoms with E-state index in [1.807, 2.05) is 6.92 Å². The number of amides is 6. The van der Waals surface area contributed by atoms with Gasteiger partial charge in [-0.15, -0.1) is 0 Å². The Morgan fingerprint density at radius 1 is 0.730 bits per heavy atom. The monoisotopic (exact) mass is 529 g/mol. The summed E-state index contributed by atoms with van der Waals surface area (Å²) in [5, 5.41) is 20.5. The third kappa shape index (κ3) is 12.7. The molecule has 10 N–H and O–H groups in total. The topological polar surface area (TPSA) is 252 Å². The molecule has 0 radical (unpaired) electrons. The molecule has 210 valence electrons. The third-order valence-corrected chi connectivity index (χ3v) is 5.68. The Morgan fingerprint density at radius 3 is 1.65 bits per heavy atom. The molecule has 0 aliphatic heterocycles. The molecule has 15 nitrogen and oxygen atoms in total. The van der Waals surface area contributed by atoms with Gasteiger partial charge in [0.15, 0.2) is 0 Å². The van der Waals surface area contributed by atoms with Gasteiger partial charge >= 0.3 is 5.97 Å². The number of hydrogen-bond acceptors (Lipinski definition) is 8. The predicted octanol–water partition coefficient (Wildman–Crippen LogP) is -3.32. The lowest BCUT2D eigenvalue weighted by Gasteiger charge is -2.26. The van der Waals surface area contributed by atoms with Gasteiger partial charge in [-0.05, 0) is 11.8 Å². The summed E-state index contributed by atoms with van der Waals surface area (Å²) in [5.41, 5.74) is 10.5. The van der Waals surface area contributed by atoms with Gasteiger partial charge in [-0.25, -0.2) is 0 Å². The molecule has 0 spiro atoms. The second-order valence-corrected chi connectivity index (χ2v) is 8.63. The maximum absolute atomic E-state index is 12.8. The van der Waals surface area contributed by atoms with Crippen molar-refractivity contribution >= 4 is 41.4 Å². The van der Waals surface area contributed by atoms with Gasteiger partial charge in [0.1, 0.15) is 24.7 Å². The van der Waals surface area contributed by atoms with Crippen molar-refractivity contribution < 1.29 is 38.7 Å². The van der Waals surface area contributed by atoms with Gasteiger partial charge in [-0.1, -0.05) is 40.5 Å². The van der Waals surface area contributed by atoms with Crippen LogP contribution >= 0.6 is 0 Å². The van der Waals surface area contributed by atoms with Crippen molar-refractivity contribution in [3.8, 4) is 0 Å². The van der Waals surface area contributed by atoms with Crippen molar-refractivity contribution in [2.45, 2.75) is 65.1 Å². The fourth-order valence-corrected chi connectivity index (χ4v) is 3.10. The highest BCUT2D eigenvalue weighted by atomic mass is 16.4. The van der Waals surface area contributed by atoms with Crippen molar-refractivity contribution in [1.82, 2.24) is 26.6 Å². The van der Waals surface area contributed by atoms with E-state index in [0.717, 1.165) is 0 Å². The van der Waals surface area contributed by atoms with Crippen LogP contribution in [0.1, 0.15) is 47.0 Å². The van der Waals surface area contributed by atoms with Crippen LogP contribution in [0.4, 0.5) is 0 Å². The molecule has 0 heterocycles. The summed E-state index contributed by atoms with van der Waals surface area (Å²) in [5.74, 6) is -6.56. The number of nitrogens with two attached hydrogens (primary N) is 2. The first-order chi connectivity index (χ1) is 17.3. The molecular formula is C22H39N7O8. The molecule has 0 aliphatic carbocycles. The largest absolute Gasteiger partial charge is 0.480 e. The Labute approximate surface area is 215 Å². The van der Waals surface area contributed by atoms with Crippen LogP contribution in [0.15, 0.2) is 0 Å². The van der Waals surface area contributed by atoms with Crippen LogP contribution in [0, 0.1) is 11.8 Å². The Bertz CT molecular complexity index is 851. The molecule has 37 heavy (non-hydrogen) atoms. The average Bonchev–Trinajstić information content (AvgIpc) is 2.85. The molecule has 6 amide bonds. The van der Waals surface area contributed by atoms with Crippen molar-refractivity contribution in [1.29, 1.82) is 0 Å². The predicted molar refractivity (Wildman–Crippen MR) is 131 cm³/mol. The van der Waals surface area contributed by atoms with Crippen LogP contribution in [0.3, 0.4) is 0 Å². The van der Waals surface area contributed by atoms with E-state index in [2.05, 4.69) is 26.6 Å². The quantitative estimate of drug-likeness (QED) is 0.0937. The van der Waals surface area contributed by atoms with Crippen LogP contribution in [0.5, 0.6) is 0 Å². The summed E-state index contributed by atoms with van der Waals surface area (Å²) in [6.45, 7) is 5.38. The molecule has 0 rings (SSSR count). The lowest BCUT2D eigenvalue weighted by molar-refractivity contribution is -0.139. The number of carboxylic acids is 1. The minimum Gasteiger partial charge on any atom is -0.480 e. The smallest absolute Gasteiger partial charge is 0.322 e. The Hall–Kier alpha value is -3.75. The summed E-state index contributed by atoms with van der Waals surface area (Å²) in [7, 11) is 0. The zero-order valence-corrected chi connectivity index (χ0v) is 21.6. The molecule has 0 saturated carbocycles. The zero-order valence-electron chi connectivity index (χ0n) is 21.6. The molecule has 0 unspecified atom stereocenters. The Morgan fingerprint density at radius 2 is 1.22 bits per heavy atom. The molecule has 0 aliphatic rings. The maximum Gasteiger partial charge on any atom is 0.322 e. The number of carbonyl (C=O) groups is 7. The highest BCUT2D eigenvalue weighted by Crippen LogP contribution is 2.09. The lowest BCUT2D eigenvalue weighted by atomic mass is 9.97. The Kier molecular flexibility index (Phi) is 15.1. The van der Waals surface area contributed by atoms with Crippen LogP contribution in [-0.4, -0.2) is 84.3 Å². The summed E-state index contributed by atoms with van der Waals surface area (Å²) in [6, 6.07) is -3.56. The molecule has 0 aromatic heterocycles. The van der Waals surface area contributed by atoms with E-state index >= 15 is 0 Å². The van der Waals surface area contributed by atoms with Gasteiger partial charge in [-0.2, -0.15) is 0 Å². The number of primary amides is 1. The minimum atomic E-state index is -1.47. The van der Waals surface area contributed by atoms with Crippen LogP contribution in [-0.2, 0) is 33.6 Å². The number of hydrogen-bond donors (Lipinski definition) is 8. The van der Waals surface area contributed by atoms with E-state index in [4.69, 9.17) is 16.6 Å². The second-order valence-electron chi connectivity index (χ2n) is 8.63. The standard InChI is InChI=1S/C22H39N7O8/c1-5-11(3)18(28-15(31)8-23)21(36)25-9-16(32)27-13(7-14(24)30)20(35)29-19(12(4)6-2)22(37)26-10-17(33)34/h11-13,18-19H,5-10,23H2,1-4H3,(H2,24,30)(H,25,36)(H,26,37)(H,27,32)(H,28,31)(H,29,35)(H,33,34)/t11-,12-,13-,18-,19-/m0/s1. The highest BCUT2D eigenvalue weighted by Gasteiger charge is 2.31. The van der Waals surface area contributed by atoms with Gasteiger partial charge < -0.3 is 43.2 Å². The minimum absolute atomic E-state index is 0.267. The summed E-state index contributed by atoms with van der Waals surface area (Å²) < 4.78 is 0. The van der Waals surface area contributed by atoms with Crippen molar-refractivity contribution in [3.05, 3.63) is 0 Å². The van der Waals surface area contributed by atoms with Gasteiger partial charge in [-0.3, -0.25) is 33.6 Å². The number of carboxylic acid groups (broad SMARTS) is 1. The van der Waals surface area contributed by atoms with E-state index in [1.165, 1.54) is 0 Å². The molecule has 0 fully saturated rings. The number of nitrogens with one attached hydrogen (secondary N) is 5. The molecule has 5 atom stereocenters. The first-order valence-electron chi connectivity index (χ1n) is 11.9. The maximum atomic E-state index is 12.8. The third-order valence-electron chi connectivity index (χ3n) is 5.68. The Balaban J connectivity index is 5.37. The van der Waals surface area contributed by atoms with E-state index in [0.29, 0.717) is 12.8 Å². The summed E-state index contributed by atoms with van der Waals surface area (Å²) in [6.07, 6.45) is 0.396. The molecule has 15 heteroatoms. The van der Waals surface area contributed by atoms with Gasteiger partial charge in [0.25, 0.3) is 0 Å². The SMILES string of the molecule is CC[C@H](C)[C@H](NC(=O)CN)C(=O)NCC(=O)N[C@@H](CC(N)=O)C(=O)N[C@H](C(=O)NCC(=O)O)[C@@H](C)CC. The van der Waals surface area contributed by atoms with Crippen molar-refractivity contribution in [2.24, 2.45) is 23.3 Å². The van der Waals surface area contributed by atoms with Gasteiger partial charge in [0.05, 0.1) is 19.5 Å². The summed E-state index contributed by atoms with van der Waals surface area (Å²) in [4.78, 5) is 84.2. The molecule has 0 bridgehead atoms. The fourth-order valence-electron chi connectivity index (χ4n) is 3.10. The highest BCUT2D eigenvalue weighted by molar-refractivity contribution is 5.96. The molecule has 0 saturated heterocycles. The van der Waals surface area contributed by atoms with Crippen molar-refractivity contribution in [3.63, 3.8) is 0 Å². The van der Waals surface area contributed by atoms with Gasteiger partial charge in [0, 0.05) is 0 Å². The van der Waals surface area contributed by atoms with Crippen molar-refractivity contribution in [2.75, 3.05) is 19.6 Å². The van der Waals surface area contributed by atoms with Crippen LogP contribution in [0.25, 0.3) is 0 Å². The number of carbonyl (C=O) groups excluding carboxylic acids is 6. The molecule has 0 aromatic rings. The van der Waals surface area contributed by atoms with E-state index in [9.17, 15) is 33.6 Å². The van der Waals surface area contributed by atoms with Crippen LogP contribution in [0.2, 0.25) is 0 Å². The first kappa shape index (κ1) is 33.2. The summed E-state index contributed by atoms with van der Waals surface area (Å²) >= 11 is 0. The number of aliphatic carboxylic acids is 1. The number of rotatable bonds is 17. The van der Waals surface area contributed by atoms with E-state index < -0.39 is 85.0 Å². The zero-order chi connectivity index (χ0) is 28.7. The van der Waals surface area contributed by atoms with E-state index in [-0.39, 0.29) is 12.5 Å². The van der Waals surface area contributed by atoms with E-state index in [1.54, 1.807) is 20.8 Å². The fraction of sp³-hybridized carbons (Fsp3) is 0.682. The first-order valence-corrected chi connectivity index (χ1v) is 11.9. The molecular weight excluding hydrogens is 490 g/mol. The lowest BCUT2D eigenvalue weighted by Crippen LogP contribution is -2.58. The molecule has 0 aromatic carbocycles. The normalized spacial score (nSPS) is 14.6. The van der Waals surface area contributed by atoms with Gasteiger partial charge in [0.2, 0.25) is 35.4 Å². The van der Waals surface area contributed by atoms with Crippen LogP contribution < -0.4 is 38.1 Å². The second kappa shape index (κ2) is 16.8. The average molecular weight is 530 g/mol.